The van der Waals surface area contributed by atoms with Gasteiger partial charge in [0, 0.05) is 29.8 Å². The largest absolute Gasteiger partial charge is 0.373 e. The van der Waals surface area contributed by atoms with Crippen LogP contribution in [-0.4, -0.2) is 36.3 Å². The molecule has 3 aromatic heterocycles. The summed E-state index contributed by atoms with van der Waals surface area (Å²) in [5.41, 5.74) is 5.43. The Bertz CT molecular complexity index is 1490. The van der Waals surface area contributed by atoms with Crippen molar-refractivity contribution in [3.8, 4) is 11.3 Å². The second-order valence-corrected chi connectivity index (χ2v) is 11.5. The third kappa shape index (κ3) is 4.63. The molecule has 2 unspecified atom stereocenters. The summed E-state index contributed by atoms with van der Waals surface area (Å²) in [6, 6.07) is 5.93. The molecular formula is C29H33FN6O. The van der Waals surface area contributed by atoms with Gasteiger partial charge in [0.1, 0.15) is 22.9 Å². The van der Waals surface area contributed by atoms with Gasteiger partial charge in [-0.3, -0.25) is 4.68 Å². The molecule has 2 fully saturated rings. The highest BCUT2D eigenvalue weighted by Gasteiger charge is 2.31. The van der Waals surface area contributed by atoms with Crippen LogP contribution < -0.4 is 0 Å². The van der Waals surface area contributed by atoms with Gasteiger partial charge in [0.25, 0.3) is 0 Å². The van der Waals surface area contributed by atoms with Crippen molar-refractivity contribution in [1.82, 2.24) is 29.7 Å². The molecule has 2 atom stereocenters. The molecule has 1 aliphatic carbocycles. The van der Waals surface area contributed by atoms with Gasteiger partial charge in [-0.2, -0.15) is 5.10 Å². The monoisotopic (exact) mass is 500 g/mol. The first-order chi connectivity index (χ1) is 17.7. The normalized spacial score (nSPS) is 20.5. The highest BCUT2D eigenvalue weighted by Crippen LogP contribution is 2.40. The molecule has 1 aliphatic heterocycles. The van der Waals surface area contributed by atoms with Crippen molar-refractivity contribution in [3.05, 3.63) is 64.7 Å². The summed E-state index contributed by atoms with van der Waals surface area (Å²) < 4.78 is 23.8. The lowest BCUT2D eigenvalue weighted by molar-refractivity contribution is 0.00396. The number of hydrogen-bond donors (Lipinski definition) is 0. The molecule has 0 spiro atoms. The quantitative estimate of drug-likeness (QED) is 0.327. The van der Waals surface area contributed by atoms with Crippen LogP contribution in [0.3, 0.4) is 0 Å². The van der Waals surface area contributed by atoms with Gasteiger partial charge in [0.05, 0.1) is 29.7 Å². The van der Waals surface area contributed by atoms with E-state index in [1.807, 2.05) is 32.2 Å². The van der Waals surface area contributed by atoms with Crippen LogP contribution in [0, 0.1) is 19.7 Å². The smallest absolute Gasteiger partial charge is 0.182 e. The van der Waals surface area contributed by atoms with Gasteiger partial charge >= 0.3 is 0 Å². The molecular weight excluding hydrogens is 467 g/mol. The van der Waals surface area contributed by atoms with Gasteiger partial charge in [-0.1, -0.05) is 26.8 Å². The first kappa shape index (κ1) is 24.1. The maximum Gasteiger partial charge on any atom is 0.182 e. The molecule has 1 aromatic carbocycles. The van der Waals surface area contributed by atoms with E-state index in [1.54, 1.807) is 6.07 Å². The topological polar surface area (TPSA) is 78.6 Å². The lowest BCUT2D eigenvalue weighted by atomic mass is 9.86. The third-order valence-corrected chi connectivity index (χ3v) is 7.61. The lowest BCUT2D eigenvalue weighted by Gasteiger charge is -2.28. The Hall–Kier alpha value is -3.26. The van der Waals surface area contributed by atoms with E-state index in [-0.39, 0.29) is 23.3 Å². The van der Waals surface area contributed by atoms with Gasteiger partial charge in [-0.25, -0.2) is 24.3 Å². The minimum atomic E-state index is -0.309. The number of benzene rings is 1. The Morgan fingerprint density at radius 3 is 2.51 bits per heavy atom. The molecule has 192 valence electrons. The number of aryl methyl sites for hydroxylation is 2. The molecule has 37 heavy (non-hydrogen) atoms. The Balaban J connectivity index is 1.41. The van der Waals surface area contributed by atoms with E-state index in [0.29, 0.717) is 40.9 Å². The summed E-state index contributed by atoms with van der Waals surface area (Å²) in [4.78, 5) is 19.3. The zero-order valence-corrected chi connectivity index (χ0v) is 22.1. The van der Waals surface area contributed by atoms with Crippen LogP contribution in [0.1, 0.15) is 92.9 Å². The molecule has 0 amide bonds. The zero-order chi connectivity index (χ0) is 25.9. The van der Waals surface area contributed by atoms with Crippen molar-refractivity contribution in [3.63, 3.8) is 0 Å². The minimum Gasteiger partial charge on any atom is -0.373 e. The Morgan fingerprint density at radius 2 is 1.78 bits per heavy atom. The van der Waals surface area contributed by atoms with Crippen molar-refractivity contribution in [2.45, 2.75) is 83.8 Å². The standard InChI is InChI=1S/C29H33FN6O/c1-16-17(2)33-28-26(32-16)25(22-9-6-20(13-23(22)30)29(3,4)5)34-27(35-28)18-10-11-37-24(12-18)19-14-31-36(15-19)21-7-8-21/h6,9,13-15,18,21,24H,7-8,10-12H2,1-5H3. The lowest BCUT2D eigenvalue weighted by Crippen LogP contribution is -2.20. The van der Waals surface area contributed by atoms with E-state index < -0.39 is 0 Å². The maximum atomic E-state index is 15.6. The van der Waals surface area contributed by atoms with Crippen LogP contribution in [0.25, 0.3) is 22.4 Å². The Kier molecular flexibility index (Phi) is 5.82. The van der Waals surface area contributed by atoms with Gasteiger partial charge in [0.15, 0.2) is 5.65 Å². The maximum absolute atomic E-state index is 15.6. The molecule has 1 saturated heterocycles. The number of hydrogen-bond acceptors (Lipinski definition) is 6. The molecule has 2 aliphatic rings. The molecule has 4 aromatic rings. The van der Waals surface area contributed by atoms with Crippen molar-refractivity contribution in [2.24, 2.45) is 0 Å². The van der Waals surface area contributed by atoms with Gasteiger partial charge in [-0.05, 0) is 62.6 Å². The first-order valence-electron chi connectivity index (χ1n) is 13.2. The Labute approximate surface area is 216 Å². The van der Waals surface area contributed by atoms with Crippen LogP contribution in [-0.2, 0) is 10.2 Å². The number of ether oxygens (including phenoxy) is 1. The molecule has 0 N–H and O–H groups in total. The van der Waals surface area contributed by atoms with Crippen LogP contribution in [0.15, 0.2) is 30.6 Å². The summed E-state index contributed by atoms with van der Waals surface area (Å²) in [5.74, 6) is 0.421. The first-order valence-corrected chi connectivity index (χ1v) is 13.2. The summed E-state index contributed by atoms with van der Waals surface area (Å²) in [7, 11) is 0. The van der Waals surface area contributed by atoms with Crippen LogP contribution in [0.2, 0.25) is 0 Å². The molecule has 1 saturated carbocycles. The number of nitrogens with zero attached hydrogens (tertiary/aromatic N) is 6. The average molecular weight is 501 g/mol. The predicted molar refractivity (Wildman–Crippen MR) is 140 cm³/mol. The van der Waals surface area contributed by atoms with Gasteiger partial charge < -0.3 is 4.74 Å². The molecule has 4 heterocycles. The van der Waals surface area contributed by atoms with E-state index in [2.05, 4.69) is 36.7 Å². The molecule has 8 heteroatoms. The number of halogens is 1. The van der Waals surface area contributed by atoms with Crippen LogP contribution >= 0.6 is 0 Å². The average Bonchev–Trinajstić information content (AvgIpc) is 3.60. The summed E-state index contributed by atoms with van der Waals surface area (Å²) in [6.07, 6.45) is 7.88. The highest BCUT2D eigenvalue weighted by atomic mass is 19.1. The minimum absolute atomic E-state index is 0.0616. The Morgan fingerprint density at radius 1 is 1.00 bits per heavy atom. The fourth-order valence-corrected chi connectivity index (χ4v) is 4.99. The van der Waals surface area contributed by atoms with Crippen molar-refractivity contribution < 1.29 is 9.13 Å². The van der Waals surface area contributed by atoms with E-state index in [0.717, 1.165) is 35.4 Å². The van der Waals surface area contributed by atoms with Crippen molar-refractivity contribution >= 4 is 11.2 Å². The highest BCUT2D eigenvalue weighted by molar-refractivity contribution is 5.87. The van der Waals surface area contributed by atoms with Crippen LogP contribution in [0.5, 0.6) is 0 Å². The molecule has 7 nitrogen and oxygen atoms in total. The van der Waals surface area contributed by atoms with E-state index in [9.17, 15) is 0 Å². The summed E-state index contributed by atoms with van der Waals surface area (Å²) in [6.45, 7) is 10.7. The van der Waals surface area contributed by atoms with Gasteiger partial charge in [-0.15, -0.1) is 0 Å². The fourth-order valence-electron chi connectivity index (χ4n) is 4.99. The fraction of sp³-hybridized carbons (Fsp3) is 0.483. The predicted octanol–water partition coefficient (Wildman–Crippen LogP) is 6.31. The molecule has 0 radical (unpaired) electrons. The number of rotatable bonds is 4. The van der Waals surface area contributed by atoms with Crippen LogP contribution in [0.4, 0.5) is 4.39 Å². The SMILES string of the molecule is Cc1nc2nc(C3CCOC(c4cnn(C5CC5)c4)C3)nc(-c3ccc(C(C)(C)C)cc3F)c2nc1C. The van der Waals surface area contributed by atoms with Gasteiger partial charge in [0.2, 0.25) is 0 Å². The van der Waals surface area contributed by atoms with Crippen molar-refractivity contribution in [2.75, 3.05) is 6.61 Å². The summed E-state index contributed by atoms with van der Waals surface area (Å²) >= 11 is 0. The molecule has 0 bridgehead atoms. The number of fused-ring (bicyclic) bond motifs is 1. The van der Waals surface area contributed by atoms with Crippen molar-refractivity contribution in [1.29, 1.82) is 0 Å². The molecule has 6 rings (SSSR count). The second-order valence-electron chi connectivity index (χ2n) is 11.5. The van der Waals surface area contributed by atoms with E-state index in [1.165, 1.54) is 12.8 Å². The number of aromatic nitrogens is 6. The van der Waals surface area contributed by atoms with E-state index in [4.69, 9.17) is 24.7 Å². The zero-order valence-electron chi connectivity index (χ0n) is 22.1. The third-order valence-electron chi connectivity index (χ3n) is 7.61. The second kappa shape index (κ2) is 8.94. The van der Waals surface area contributed by atoms with E-state index >= 15 is 4.39 Å². The summed E-state index contributed by atoms with van der Waals surface area (Å²) in [5, 5.41) is 4.54.